The van der Waals surface area contributed by atoms with E-state index in [1.807, 2.05) is 6.20 Å². The Bertz CT molecular complexity index is 2250. The lowest BCUT2D eigenvalue weighted by Crippen LogP contribution is -2.21. The van der Waals surface area contributed by atoms with Crippen LogP contribution in [0.2, 0.25) is 0 Å². The average Bonchev–Trinajstić information content (AvgIpc) is 3.58. The van der Waals surface area contributed by atoms with E-state index in [-0.39, 0.29) is 0 Å². The first kappa shape index (κ1) is 34.8. The van der Waals surface area contributed by atoms with Crippen molar-refractivity contribution in [1.82, 2.24) is 19.3 Å². The summed E-state index contributed by atoms with van der Waals surface area (Å²) in [5, 5.41) is 7.66. The minimum atomic E-state index is 0.310. The number of aryl methyl sites for hydroxylation is 1. The van der Waals surface area contributed by atoms with Crippen LogP contribution in [0, 0.1) is 24.7 Å². The number of para-hydroxylation sites is 1. The van der Waals surface area contributed by atoms with Crippen molar-refractivity contribution in [2.75, 3.05) is 0 Å². The fraction of sp³-hybridized carbons (Fsp3) is 0.391. The Morgan fingerprint density at radius 3 is 2.29 bits per heavy atom. The zero-order chi connectivity index (χ0) is 36.1. The molecule has 0 saturated carbocycles. The Morgan fingerprint density at radius 1 is 0.804 bits per heavy atom. The van der Waals surface area contributed by atoms with Crippen LogP contribution in [-0.2, 0) is 6.42 Å². The Labute approximate surface area is 304 Å². The maximum absolute atomic E-state index is 6.82. The molecule has 6 aromatic rings. The normalized spacial score (nSPS) is 18.1. The highest BCUT2D eigenvalue weighted by molar-refractivity contribution is 6.09. The van der Waals surface area contributed by atoms with Gasteiger partial charge < -0.3 is 4.74 Å². The van der Waals surface area contributed by atoms with Crippen molar-refractivity contribution in [2.45, 2.75) is 99.8 Å². The van der Waals surface area contributed by atoms with E-state index in [4.69, 9.17) is 14.8 Å². The summed E-state index contributed by atoms with van der Waals surface area (Å²) in [6.07, 6.45) is 6.63. The van der Waals surface area contributed by atoms with Crippen molar-refractivity contribution in [3.63, 3.8) is 0 Å². The number of aromatic nitrogens is 4. The Kier molecular flexibility index (Phi) is 9.43. The summed E-state index contributed by atoms with van der Waals surface area (Å²) in [5.74, 6) is 5.31. The highest BCUT2D eigenvalue weighted by Crippen LogP contribution is 2.45. The monoisotopic (exact) mass is 678 g/mol. The number of benzene rings is 3. The molecule has 0 N–H and O–H groups in total. The van der Waals surface area contributed by atoms with E-state index < -0.39 is 0 Å². The molecule has 51 heavy (non-hydrogen) atoms. The van der Waals surface area contributed by atoms with E-state index in [9.17, 15) is 0 Å². The number of hydrogen-bond acceptors (Lipinski definition) is 3. The van der Waals surface area contributed by atoms with Crippen molar-refractivity contribution in [3.8, 4) is 23.0 Å². The van der Waals surface area contributed by atoms with E-state index in [2.05, 4.69) is 157 Å². The number of hydrogen-bond donors (Lipinski definition) is 0. The van der Waals surface area contributed by atoms with Gasteiger partial charge in [0.2, 0.25) is 0 Å². The third-order valence-corrected chi connectivity index (χ3v) is 10.7. The molecule has 0 amide bonds. The minimum Gasteiger partial charge on any atom is -0.457 e. The second-order valence-corrected chi connectivity index (χ2v) is 16.2. The van der Waals surface area contributed by atoms with Crippen molar-refractivity contribution in [2.24, 2.45) is 17.8 Å². The van der Waals surface area contributed by atoms with E-state index in [0.29, 0.717) is 35.5 Å². The molecule has 5 nitrogen and oxygen atoms in total. The van der Waals surface area contributed by atoms with Gasteiger partial charge in [0, 0.05) is 40.6 Å². The standard InChI is InChI=1S/C46H54N4O/c1-27(2)19-34-17-18-47-43(22-34)49-41-14-12-11-13-39(41)40-16-15-37(26-42(40)49)51-38-24-35(28(3)4)23-36(25-38)50-46(29(5)6)45(33(10)48-50)44-31(8)20-30(7)21-32(44)9/h11-18,20,22-30,32,44H,19,21H2,1-10H3/t30-,32?,44-/m0/s1. The van der Waals surface area contributed by atoms with Gasteiger partial charge in [-0.3, -0.25) is 4.57 Å². The second kappa shape index (κ2) is 13.8. The van der Waals surface area contributed by atoms with Gasteiger partial charge in [0.1, 0.15) is 17.3 Å². The number of fused-ring (bicyclic) bond motifs is 3. The minimum absolute atomic E-state index is 0.310. The summed E-state index contributed by atoms with van der Waals surface area (Å²) in [4.78, 5) is 4.87. The van der Waals surface area contributed by atoms with Crippen molar-refractivity contribution >= 4 is 21.8 Å². The fourth-order valence-corrected chi connectivity index (χ4v) is 8.70. The van der Waals surface area contributed by atoms with Crippen LogP contribution < -0.4 is 4.74 Å². The molecule has 0 bridgehead atoms. The van der Waals surface area contributed by atoms with E-state index in [1.165, 1.54) is 45.2 Å². The molecule has 1 unspecified atom stereocenters. The molecular formula is C46H54N4O. The number of ether oxygens (including phenoxy) is 1. The number of pyridine rings is 1. The molecule has 264 valence electrons. The van der Waals surface area contributed by atoms with Crippen LogP contribution in [0.25, 0.3) is 33.3 Å². The van der Waals surface area contributed by atoms with Gasteiger partial charge >= 0.3 is 0 Å². The Balaban J connectivity index is 1.33. The molecule has 0 radical (unpaired) electrons. The summed E-state index contributed by atoms with van der Waals surface area (Å²) in [7, 11) is 0. The molecule has 3 heterocycles. The maximum Gasteiger partial charge on any atom is 0.137 e. The second-order valence-electron chi connectivity index (χ2n) is 16.2. The predicted octanol–water partition coefficient (Wildman–Crippen LogP) is 12.6. The van der Waals surface area contributed by atoms with Crippen LogP contribution in [0.4, 0.5) is 0 Å². The lowest BCUT2D eigenvalue weighted by atomic mass is 9.71. The SMILES string of the molecule is CC1=C[C@H](C)CC(C)[C@H]1c1c(C)nn(-c2cc(Oc3ccc4c5ccccc5n(-c5cc(CC(C)C)ccn5)c4c3)cc(C(C)C)c2)c1C(C)C. The van der Waals surface area contributed by atoms with E-state index in [0.717, 1.165) is 46.2 Å². The first-order chi connectivity index (χ1) is 24.4. The van der Waals surface area contributed by atoms with Gasteiger partial charge in [-0.2, -0.15) is 5.10 Å². The van der Waals surface area contributed by atoms with Crippen LogP contribution >= 0.6 is 0 Å². The molecule has 1 aliphatic carbocycles. The summed E-state index contributed by atoms with van der Waals surface area (Å²) in [5.41, 5.74) is 11.1. The van der Waals surface area contributed by atoms with Crippen LogP contribution in [-0.4, -0.2) is 19.3 Å². The van der Waals surface area contributed by atoms with Crippen LogP contribution in [0.3, 0.4) is 0 Å². The van der Waals surface area contributed by atoms with Gasteiger partial charge in [0.05, 0.1) is 28.1 Å². The zero-order valence-electron chi connectivity index (χ0n) is 32.2. The van der Waals surface area contributed by atoms with Crippen LogP contribution in [0.15, 0.2) is 90.6 Å². The smallest absolute Gasteiger partial charge is 0.137 e. The van der Waals surface area contributed by atoms with Gasteiger partial charge in [-0.15, -0.1) is 0 Å². The van der Waals surface area contributed by atoms with Crippen molar-refractivity contribution in [1.29, 1.82) is 0 Å². The molecule has 0 saturated heterocycles. The van der Waals surface area contributed by atoms with Crippen LogP contribution in [0.1, 0.15) is 115 Å². The lowest BCUT2D eigenvalue weighted by Gasteiger charge is -2.33. The summed E-state index contributed by atoms with van der Waals surface area (Å²) in [6, 6.07) is 26.1. The molecule has 3 aromatic heterocycles. The predicted molar refractivity (Wildman–Crippen MR) is 213 cm³/mol. The molecule has 1 aliphatic rings. The molecule has 0 aliphatic heterocycles. The van der Waals surface area contributed by atoms with Gasteiger partial charge in [-0.1, -0.05) is 85.2 Å². The van der Waals surface area contributed by atoms with Gasteiger partial charge in [-0.05, 0) is 110 Å². The van der Waals surface area contributed by atoms with Crippen molar-refractivity contribution in [3.05, 3.63) is 119 Å². The Hall–Kier alpha value is -4.64. The first-order valence-corrected chi connectivity index (χ1v) is 19.0. The van der Waals surface area contributed by atoms with Gasteiger partial charge in [0.15, 0.2) is 0 Å². The first-order valence-electron chi connectivity index (χ1n) is 19.0. The number of nitrogens with zero attached hydrogens (tertiary/aromatic N) is 4. The topological polar surface area (TPSA) is 44.9 Å². The maximum atomic E-state index is 6.82. The molecular weight excluding hydrogens is 625 g/mol. The molecule has 7 rings (SSSR count). The number of allylic oxidation sites excluding steroid dienone is 2. The highest BCUT2D eigenvalue weighted by Gasteiger charge is 2.33. The highest BCUT2D eigenvalue weighted by atomic mass is 16.5. The van der Waals surface area contributed by atoms with E-state index >= 15 is 0 Å². The van der Waals surface area contributed by atoms with Crippen molar-refractivity contribution < 1.29 is 4.74 Å². The molecule has 0 spiro atoms. The molecule has 5 heteroatoms. The van der Waals surface area contributed by atoms with E-state index in [1.54, 1.807) is 0 Å². The molecule has 0 fully saturated rings. The van der Waals surface area contributed by atoms with Gasteiger partial charge in [0.25, 0.3) is 0 Å². The summed E-state index contributed by atoms with van der Waals surface area (Å²) < 4.78 is 11.3. The quantitative estimate of drug-likeness (QED) is 0.143. The van der Waals surface area contributed by atoms with Gasteiger partial charge in [-0.25, -0.2) is 9.67 Å². The molecule has 3 aromatic carbocycles. The fourth-order valence-electron chi connectivity index (χ4n) is 8.70. The largest absolute Gasteiger partial charge is 0.457 e. The van der Waals surface area contributed by atoms with Crippen LogP contribution in [0.5, 0.6) is 11.5 Å². The average molecular weight is 679 g/mol. The number of rotatable bonds is 9. The summed E-state index contributed by atoms with van der Waals surface area (Å²) in [6.45, 7) is 22.9. The summed E-state index contributed by atoms with van der Waals surface area (Å²) >= 11 is 0. The molecule has 3 atom stereocenters. The lowest BCUT2D eigenvalue weighted by molar-refractivity contribution is 0.389. The third kappa shape index (κ3) is 6.64. The third-order valence-electron chi connectivity index (χ3n) is 10.7. The zero-order valence-corrected chi connectivity index (χ0v) is 32.2. The Morgan fingerprint density at radius 2 is 1.57 bits per heavy atom.